The van der Waals surface area contributed by atoms with Crippen LogP contribution < -0.4 is 0 Å². The summed E-state index contributed by atoms with van der Waals surface area (Å²) >= 11 is 0. The van der Waals surface area contributed by atoms with Crippen LogP contribution in [0.15, 0.2) is 18.5 Å². The van der Waals surface area contributed by atoms with Gasteiger partial charge in [0.25, 0.3) is 0 Å². The fraction of sp³-hybridized carbons (Fsp3) is 0. The van der Waals surface area contributed by atoms with Crippen LogP contribution in [0, 0.1) is 0 Å². The minimum Gasteiger partial charge on any atom is -0.477 e. The van der Waals surface area contributed by atoms with Crippen molar-refractivity contribution in [3.8, 4) is 0 Å². The molecule has 0 fully saturated rings. The summed E-state index contributed by atoms with van der Waals surface area (Å²) < 4.78 is 0. The van der Waals surface area contributed by atoms with Gasteiger partial charge in [0.1, 0.15) is 5.69 Å². The van der Waals surface area contributed by atoms with Crippen molar-refractivity contribution in [3.63, 3.8) is 0 Å². The number of aromatic amines is 1. The molecule has 2 N–H and O–H groups in total. The second-order valence-electron chi connectivity index (χ2n) is 2.76. The highest BCUT2D eigenvalue weighted by Crippen LogP contribution is 2.19. The molecule has 0 aliphatic heterocycles. The number of nitrogens with one attached hydrogen (secondary N) is 1. The number of carbonyl (C=O) groups is 2. The van der Waals surface area contributed by atoms with Gasteiger partial charge in [-0.3, -0.25) is 9.78 Å². The summed E-state index contributed by atoms with van der Waals surface area (Å²) in [6, 6.07) is 1.62. The number of carbonyl (C=O) groups excluding carboxylic acids is 1. The first-order valence-electron chi connectivity index (χ1n) is 3.88. The maximum absolute atomic E-state index is 10.7. The van der Waals surface area contributed by atoms with Gasteiger partial charge in [-0.25, -0.2) is 4.79 Å². The second-order valence-corrected chi connectivity index (χ2v) is 2.76. The highest BCUT2D eigenvalue weighted by Gasteiger charge is 2.15. The summed E-state index contributed by atoms with van der Waals surface area (Å²) in [5.74, 6) is -1.15. The molecule has 0 aliphatic rings. The zero-order chi connectivity index (χ0) is 10.1. The Morgan fingerprint density at radius 1 is 1.57 bits per heavy atom. The van der Waals surface area contributed by atoms with Crippen LogP contribution in [0.25, 0.3) is 10.9 Å². The predicted molar refractivity (Wildman–Crippen MR) is 48.4 cm³/mol. The molecule has 0 saturated carbocycles. The molecular formula is C9H6N2O3. The maximum Gasteiger partial charge on any atom is 0.353 e. The van der Waals surface area contributed by atoms with Crippen molar-refractivity contribution < 1.29 is 14.7 Å². The smallest absolute Gasteiger partial charge is 0.353 e. The van der Waals surface area contributed by atoms with E-state index in [2.05, 4.69) is 9.97 Å². The van der Waals surface area contributed by atoms with Gasteiger partial charge in [0.05, 0.1) is 5.56 Å². The van der Waals surface area contributed by atoms with E-state index in [0.717, 1.165) is 0 Å². The van der Waals surface area contributed by atoms with Crippen LogP contribution in [0.1, 0.15) is 20.8 Å². The van der Waals surface area contributed by atoms with E-state index in [1.165, 1.54) is 12.4 Å². The van der Waals surface area contributed by atoms with Crippen LogP contribution in [0.5, 0.6) is 0 Å². The van der Waals surface area contributed by atoms with E-state index in [1.807, 2.05) is 0 Å². The molecule has 0 bridgehead atoms. The summed E-state index contributed by atoms with van der Waals surface area (Å²) in [7, 11) is 0. The number of fused-ring (bicyclic) bond motifs is 1. The normalized spacial score (nSPS) is 10.3. The number of carboxylic acid groups (broad SMARTS) is 1. The molecule has 0 saturated heterocycles. The largest absolute Gasteiger partial charge is 0.477 e. The van der Waals surface area contributed by atoms with Crippen molar-refractivity contribution >= 4 is 23.2 Å². The Labute approximate surface area is 78.4 Å². The SMILES string of the molecule is O=Cc1c(C(=O)O)[nH]c2ccncc12. The number of nitrogens with zero attached hydrogens (tertiary/aromatic N) is 1. The topological polar surface area (TPSA) is 83.0 Å². The second kappa shape index (κ2) is 2.95. The summed E-state index contributed by atoms with van der Waals surface area (Å²) in [6.07, 6.45) is 3.50. The first-order valence-corrected chi connectivity index (χ1v) is 3.88. The number of aromatic carboxylic acids is 1. The Kier molecular flexibility index (Phi) is 1.78. The van der Waals surface area contributed by atoms with Crippen LogP contribution in [0.2, 0.25) is 0 Å². The highest BCUT2D eigenvalue weighted by atomic mass is 16.4. The molecule has 2 heterocycles. The van der Waals surface area contributed by atoms with Crippen molar-refractivity contribution in [2.24, 2.45) is 0 Å². The van der Waals surface area contributed by atoms with Gasteiger partial charge in [0.15, 0.2) is 6.29 Å². The molecule has 0 amide bonds. The molecular weight excluding hydrogens is 184 g/mol. The number of hydrogen-bond acceptors (Lipinski definition) is 3. The van der Waals surface area contributed by atoms with Crippen LogP contribution in [0.3, 0.4) is 0 Å². The third kappa shape index (κ3) is 1.06. The van der Waals surface area contributed by atoms with Crippen molar-refractivity contribution in [2.75, 3.05) is 0 Å². The minimum atomic E-state index is -1.15. The molecule has 2 aromatic heterocycles. The van der Waals surface area contributed by atoms with Crippen LogP contribution in [-0.2, 0) is 0 Å². The fourth-order valence-corrected chi connectivity index (χ4v) is 1.35. The number of H-pyrrole nitrogens is 1. The van der Waals surface area contributed by atoms with Gasteiger partial charge < -0.3 is 10.1 Å². The van der Waals surface area contributed by atoms with Crippen LogP contribution in [-0.4, -0.2) is 27.3 Å². The van der Waals surface area contributed by atoms with Gasteiger partial charge in [-0.1, -0.05) is 0 Å². The van der Waals surface area contributed by atoms with Crippen molar-refractivity contribution in [1.82, 2.24) is 9.97 Å². The third-order valence-electron chi connectivity index (χ3n) is 1.97. The van der Waals surface area contributed by atoms with E-state index in [4.69, 9.17) is 5.11 Å². The van der Waals surface area contributed by atoms with Crippen molar-refractivity contribution in [1.29, 1.82) is 0 Å². The van der Waals surface area contributed by atoms with Crippen LogP contribution in [0.4, 0.5) is 0 Å². The number of rotatable bonds is 2. The van der Waals surface area contributed by atoms with E-state index in [-0.39, 0.29) is 11.3 Å². The molecule has 70 valence electrons. The summed E-state index contributed by atoms with van der Waals surface area (Å²) in [5.41, 5.74) is 0.642. The van der Waals surface area contributed by atoms with E-state index < -0.39 is 5.97 Å². The van der Waals surface area contributed by atoms with Gasteiger partial charge in [0, 0.05) is 23.3 Å². The number of hydrogen-bond donors (Lipinski definition) is 2. The third-order valence-corrected chi connectivity index (χ3v) is 1.97. The molecule has 2 aromatic rings. The maximum atomic E-state index is 10.7. The van der Waals surface area contributed by atoms with Gasteiger partial charge >= 0.3 is 5.97 Å². The fourth-order valence-electron chi connectivity index (χ4n) is 1.35. The lowest BCUT2D eigenvalue weighted by Gasteiger charge is -1.88. The Morgan fingerprint density at radius 2 is 2.36 bits per heavy atom. The first-order chi connectivity index (χ1) is 6.74. The van der Waals surface area contributed by atoms with Crippen molar-refractivity contribution in [2.45, 2.75) is 0 Å². The zero-order valence-electron chi connectivity index (χ0n) is 7.02. The number of aromatic nitrogens is 2. The molecule has 0 atom stereocenters. The summed E-state index contributed by atoms with van der Waals surface area (Å²) in [5, 5.41) is 9.31. The molecule has 0 spiro atoms. The number of aldehydes is 1. The van der Waals surface area contributed by atoms with E-state index in [1.54, 1.807) is 6.07 Å². The monoisotopic (exact) mass is 190 g/mol. The van der Waals surface area contributed by atoms with Crippen LogP contribution >= 0.6 is 0 Å². The summed E-state index contributed by atoms with van der Waals surface area (Å²) in [6.45, 7) is 0. The van der Waals surface area contributed by atoms with Gasteiger partial charge in [-0.2, -0.15) is 0 Å². The van der Waals surface area contributed by atoms with Gasteiger partial charge in [0.2, 0.25) is 0 Å². The van der Waals surface area contributed by atoms with Gasteiger partial charge in [-0.05, 0) is 6.07 Å². The molecule has 5 nitrogen and oxygen atoms in total. The van der Waals surface area contributed by atoms with Crippen molar-refractivity contribution in [3.05, 3.63) is 29.7 Å². The number of pyridine rings is 1. The quantitative estimate of drug-likeness (QED) is 0.694. The van der Waals surface area contributed by atoms with E-state index >= 15 is 0 Å². The number of carboxylic acids is 1. The Balaban J connectivity index is 2.85. The lowest BCUT2D eigenvalue weighted by molar-refractivity contribution is 0.0688. The minimum absolute atomic E-state index is 0.0944. The molecule has 5 heteroatoms. The zero-order valence-corrected chi connectivity index (χ0v) is 7.02. The molecule has 0 aromatic carbocycles. The average Bonchev–Trinajstić information content (AvgIpc) is 2.56. The van der Waals surface area contributed by atoms with E-state index in [9.17, 15) is 9.59 Å². The highest BCUT2D eigenvalue weighted by molar-refractivity contribution is 6.07. The van der Waals surface area contributed by atoms with E-state index in [0.29, 0.717) is 17.2 Å². The lowest BCUT2D eigenvalue weighted by Crippen LogP contribution is -2.00. The summed E-state index contributed by atoms with van der Waals surface area (Å²) in [4.78, 5) is 27.9. The standard InChI is InChI=1S/C9H6N2O3/c12-4-6-5-3-10-2-1-7(5)11-8(6)9(13)14/h1-4,11H,(H,13,14). The Bertz CT molecular complexity index is 516. The Morgan fingerprint density at radius 3 is 3.00 bits per heavy atom. The first kappa shape index (κ1) is 8.43. The lowest BCUT2D eigenvalue weighted by atomic mass is 10.2. The molecule has 0 unspecified atom stereocenters. The molecule has 14 heavy (non-hydrogen) atoms. The average molecular weight is 190 g/mol. The molecule has 0 aliphatic carbocycles. The molecule has 0 radical (unpaired) electrons. The van der Waals surface area contributed by atoms with Gasteiger partial charge in [-0.15, -0.1) is 0 Å². The predicted octanol–water partition coefficient (Wildman–Crippen LogP) is 1.07. The Hall–Kier alpha value is -2.17. The molecule has 2 rings (SSSR count).